The van der Waals surface area contributed by atoms with E-state index in [-0.39, 0.29) is 10.6 Å². The van der Waals surface area contributed by atoms with Gasteiger partial charge in [0.25, 0.3) is 0 Å². The van der Waals surface area contributed by atoms with Gasteiger partial charge in [-0.25, -0.2) is 4.79 Å². The second-order valence-electron chi connectivity index (χ2n) is 3.32. The van der Waals surface area contributed by atoms with Crippen LogP contribution in [0.1, 0.15) is 10.4 Å². The Morgan fingerprint density at radius 2 is 2.06 bits per heavy atom. The normalized spacial score (nSPS) is 10.4. The van der Waals surface area contributed by atoms with Gasteiger partial charge in [-0.2, -0.15) is 0 Å². The summed E-state index contributed by atoms with van der Waals surface area (Å²) in [5, 5.41) is 10.7. The first-order chi connectivity index (χ1) is 7.63. The predicted molar refractivity (Wildman–Crippen MR) is 62.5 cm³/mol. The Hall–Kier alpha value is -1.74. The van der Waals surface area contributed by atoms with Crippen LogP contribution < -0.4 is 4.74 Å². The van der Waals surface area contributed by atoms with Crippen LogP contribution in [-0.4, -0.2) is 18.2 Å². The molecule has 0 amide bonds. The summed E-state index contributed by atoms with van der Waals surface area (Å²) < 4.78 is 5.08. The van der Waals surface area contributed by atoms with Crippen LogP contribution in [0.2, 0.25) is 5.02 Å². The molecule has 2 aromatic carbocycles. The summed E-state index contributed by atoms with van der Waals surface area (Å²) in [6.07, 6.45) is 0. The van der Waals surface area contributed by atoms with Crippen molar-refractivity contribution in [1.29, 1.82) is 0 Å². The van der Waals surface area contributed by atoms with E-state index in [0.29, 0.717) is 11.1 Å². The van der Waals surface area contributed by atoms with Gasteiger partial charge in [0.2, 0.25) is 0 Å². The van der Waals surface area contributed by atoms with Crippen LogP contribution in [-0.2, 0) is 0 Å². The number of ether oxygens (including phenoxy) is 1. The molecule has 3 nitrogen and oxygen atoms in total. The molecule has 0 aliphatic carbocycles. The second-order valence-corrected chi connectivity index (χ2v) is 3.70. The SMILES string of the molecule is COc1ccc2c(Cl)c(C(=O)O)ccc2c1. The zero-order valence-electron chi connectivity index (χ0n) is 8.53. The first-order valence-corrected chi connectivity index (χ1v) is 5.01. The van der Waals surface area contributed by atoms with E-state index in [4.69, 9.17) is 21.4 Å². The highest BCUT2D eigenvalue weighted by atomic mass is 35.5. The number of halogens is 1. The van der Waals surface area contributed by atoms with Gasteiger partial charge in [-0.15, -0.1) is 0 Å². The van der Waals surface area contributed by atoms with Crippen molar-refractivity contribution in [2.24, 2.45) is 0 Å². The molecule has 2 aromatic rings. The Morgan fingerprint density at radius 1 is 1.31 bits per heavy atom. The molecule has 0 saturated heterocycles. The van der Waals surface area contributed by atoms with Crippen LogP contribution in [0.5, 0.6) is 5.75 Å². The molecule has 0 fully saturated rings. The number of rotatable bonds is 2. The van der Waals surface area contributed by atoms with Gasteiger partial charge in [0.15, 0.2) is 0 Å². The average molecular weight is 237 g/mol. The fourth-order valence-electron chi connectivity index (χ4n) is 1.56. The Balaban J connectivity index is 2.71. The maximum atomic E-state index is 10.9. The van der Waals surface area contributed by atoms with Crippen molar-refractivity contribution in [3.8, 4) is 5.75 Å². The molecule has 0 radical (unpaired) electrons. The number of hydrogen-bond acceptors (Lipinski definition) is 2. The van der Waals surface area contributed by atoms with Crippen molar-refractivity contribution in [3.05, 3.63) is 40.9 Å². The quantitative estimate of drug-likeness (QED) is 0.871. The minimum atomic E-state index is -1.03. The summed E-state index contributed by atoms with van der Waals surface area (Å²) in [4.78, 5) is 10.9. The first kappa shape index (κ1) is 10.8. The summed E-state index contributed by atoms with van der Waals surface area (Å²) in [5.74, 6) is -0.311. The van der Waals surface area contributed by atoms with Crippen molar-refractivity contribution >= 4 is 28.3 Å². The number of carboxylic acids is 1. The van der Waals surface area contributed by atoms with Gasteiger partial charge in [0.05, 0.1) is 17.7 Å². The van der Waals surface area contributed by atoms with E-state index in [1.54, 1.807) is 25.3 Å². The van der Waals surface area contributed by atoms with Crippen molar-refractivity contribution in [2.75, 3.05) is 7.11 Å². The summed E-state index contributed by atoms with van der Waals surface area (Å²) in [7, 11) is 1.58. The molecule has 1 N–H and O–H groups in total. The molecule has 4 heteroatoms. The topological polar surface area (TPSA) is 46.5 Å². The molecule has 0 aromatic heterocycles. The Kier molecular flexibility index (Phi) is 2.71. The number of carbonyl (C=O) groups is 1. The fourth-order valence-corrected chi connectivity index (χ4v) is 1.88. The van der Waals surface area contributed by atoms with E-state index >= 15 is 0 Å². The van der Waals surface area contributed by atoms with Gasteiger partial charge in [-0.3, -0.25) is 0 Å². The lowest BCUT2D eigenvalue weighted by Crippen LogP contribution is -1.97. The van der Waals surface area contributed by atoms with Gasteiger partial charge in [0.1, 0.15) is 5.75 Å². The number of benzene rings is 2. The van der Waals surface area contributed by atoms with Crippen molar-refractivity contribution in [2.45, 2.75) is 0 Å². The number of hydrogen-bond donors (Lipinski definition) is 1. The molecule has 0 aliphatic heterocycles. The molecule has 0 spiro atoms. The highest BCUT2D eigenvalue weighted by Gasteiger charge is 2.11. The van der Waals surface area contributed by atoms with E-state index in [9.17, 15) is 4.79 Å². The van der Waals surface area contributed by atoms with E-state index in [1.165, 1.54) is 6.07 Å². The summed E-state index contributed by atoms with van der Waals surface area (Å²) >= 11 is 6.01. The zero-order valence-corrected chi connectivity index (χ0v) is 9.28. The molecule has 0 atom stereocenters. The van der Waals surface area contributed by atoms with Gasteiger partial charge in [0, 0.05) is 5.39 Å². The number of fused-ring (bicyclic) bond motifs is 1. The van der Waals surface area contributed by atoms with E-state index in [0.717, 1.165) is 5.39 Å². The first-order valence-electron chi connectivity index (χ1n) is 4.63. The molecule has 82 valence electrons. The van der Waals surface area contributed by atoms with Crippen LogP contribution in [0.15, 0.2) is 30.3 Å². The number of carboxylic acid groups (broad SMARTS) is 1. The average Bonchev–Trinajstić information content (AvgIpc) is 2.28. The maximum absolute atomic E-state index is 10.9. The third kappa shape index (κ3) is 1.70. The number of aromatic carboxylic acids is 1. The van der Waals surface area contributed by atoms with Crippen LogP contribution in [0.3, 0.4) is 0 Å². The fraction of sp³-hybridized carbons (Fsp3) is 0.0833. The Labute approximate surface area is 97.2 Å². The van der Waals surface area contributed by atoms with Crippen molar-refractivity contribution < 1.29 is 14.6 Å². The zero-order chi connectivity index (χ0) is 11.7. The summed E-state index contributed by atoms with van der Waals surface area (Å²) in [6.45, 7) is 0. The highest BCUT2D eigenvalue weighted by Crippen LogP contribution is 2.29. The van der Waals surface area contributed by atoms with E-state index < -0.39 is 5.97 Å². The predicted octanol–water partition coefficient (Wildman–Crippen LogP) is 3.20. The van der Waals surface area contributed by atoms with Crippen LogP contribution in [0, 0.1) is 0 Å². The third-order valence-corrected chi connectivity index (χ3v) is 2.80. The van der Waals surface area contributed by atoms with Crippen LogP contribution in [0.25, 0.3) is 10.8 Å². The minimum Gasteiger partial charge on any atom is -0.497 e. The Morgan fingerprint density at radius 3 is 2.69 bits per heavy atom. The maximum Gasteiger partial charge on any atom is 0.337 e. The second kappa shape index (κ2) is 4.02. The summed E-state index contributed by atoms with van der Waals surface area (Å²) in [5.41, 5.74) is 0.110. The van der Waals surface area contributed by atoms with Crippen LogP contribution >= 0.6 is 11.6 Å². The van der Waals surface area contributed by atoms with Gasteiger partial charge < -0.3 is 9.84 Å². The molecular formula is C12H9ClO3. The molecule has 2 rings (SSSR count). The molecular weight excluding hydrogens is 228 g/mol. The molecule has 0 saturated carbocycles. The standard InChI is InChI=1S/C12H9ClO3/c1-16-8-3-5-9-7(6-8)2-4-10(11(9)13)12(14)15/h2-6H,1H3,(H,14,15). The monoisotopic (exact) mass is 236 g/mol. The Bertz CT molecular complexity index is 563. The molecule has 0 unspecified atom stereocenters. The smallest absolute Gasteiger partial charge is 0.337 e. The lowest BCUT2D eigenvalue weighted by atomic mass is 10.1. The van der Waals surface area contributed by atoms with E-state index in [1.807, 2.05) is 6.07 Å². The molecule has 16 heavy (non-hydrogen) atoms. The van der Waals surface area contributed by atoms with Gasteiger partial charge >= 0.3 is 5.97 Å². The summed E-state index contributed by atoms with van der Waals surface area (Å²) in [6, 6.07) is 8.52. The largest absolute Gasteiger partial charge is 0.497 e. The van der Waals surface area contributed by atoms with Gasteiger partial charge in [-0.05, 0) is 29.7 Å². The lowest BCUT2D eigenvalue weighted by Gasteiger charge is -2.06. The lowest BCUT2D eigenvalue weighted by molar-refractivity contribution is 0.0697. The third-order valence-electron chi connectivity index (χ3n) is 2.39. The van der Waals surface area contributed by atoms with Crippen molar-refractivity contribution in [3.63, 3.8) is 0 Å². The van der Waals surface area contributed by atoms with E-state index in [2.05, 4.69) is 0 Å². The molecule has 0 aliphatic rings. The van der Waals surface area contributed by atoms with Crippen molar-refractivity contribution in [1.82, 2.24) is 0 Å². The minimum absolute atomic E-state index is 0.110. The number of methoxy groups -OCH3 is 1. The molecule has 0 heterocycles. The van der Waals surface area contributed by atoms with Gasteiger partial charge in [-0.1, -0.05) is 17.7 Å². The molecule has 0 bridgehead atoms. The van der Waals surface area contributed by atoms with Crippen LogP contribution in [0.4, 0.5) is 0 Å². The highest BCUT2D eigenvalue weighted by molar-refractivity contribution is 6.38.